The minimum absolute atomic E-state index is 0.125. The number of benzene rings is 3. The third kappa shape index (κ3) is 7.42. The number of likely N-dealkylation sites (N-methyl/N-ethyl adjacent to an activating group) is 1. The molecule has 0 aliphatic rings. The van der Waals surface area contributed by atoms with E-state index in [2.05, 4.69) is 10.6 Å². The minimum Gasteiger partial charge on any atom is -0.376 e. The van der Waals surface area contributed by atoms with Gasteiger partial charge in [-0.05, 0) is 35.4 Å². The molecule has 0 fully saturated rings. The number of hydrogen-bond acceptors (Lipinski definition) is 5. The number of amides is 2. The lowest BCUT2D eigenvalue weighted by molar-refractivity contribution is -0.145. The van der Waals surface area contributed by atoms with Gasteiger partial charge in [0, 0.05) is 30.2 Å². The third-order valence-electron chi connectivity index (χ3n) is 5.33. The Morgan fingerprint density at radius 1 is 1.00 bits per heavy atom. The van der Waals surface area contributed by atoms with Crippen molar-refractivity contribution in [3.8, 4) is 6.19 Å². The lowest BCUT2D eigenvalue weighted by Crippen LogP contribution is -2.53. The number of carbonyl (C=O) groups is 2. The number of nitriles is 1. The van der Waals surface area contributed by atoms with E-state index in [9.17, 15) is 23.6 Å². The average Bonchev–Trinajstić information content (AvgIpc) is 2.88. The Kier molecular flexibility index (Phi) is 9.19. The van der Waals surface area contributed by atoms with Gasteiger partial charge in [-0.25, -0.2) is 18.8 Å². The summed E-state index contributed by atoms with van der Waals surface area (Å²) >= 11 is 5.92. The summed E-state index contributed by atoms with van der Waals surface area (Å²) in [4.78, 5) is 26.0. The zero-order valence-electron chi connectivity index (χ0n) is 19.4. The van der Waals surface area contributed by atoms with Crippen LogP contribution in [0.2, 0.25) is 5.02 Å². The molecule has 3 aromatic rings. The molecule has 1 atom stereocenters. The molecule has 0 aliphatic carbocycles. The molecule has 3 rings (SSSR count). The number of nitrogens with one attached hydrogen (secondary N) is 2. The van der Waals surface area contributed by atoms with Crippen LogP contribution >= 0.6 is 11.6 Å². The first-order chi connectivity index (χ1) is 17.3. The Bertz CT molecular complexity index is 1240. The van der Waals surface area contributed by atoms with Crippen LogP contribution in [-0.2, 0) is 22.6 Å². The molecular formula is C26H24ClF2N5O2. The molecule has 10 heteroatoms. The van der Waals surface area contributed by atoms with E-state index in [1.807, 2.05) is 36.5 Å². The van der Waals surface area contributed by atoms with Gasteiger partial charge < -0.3 is 10.6 Å². The fourth-order valence-electron chi connectivity index (χ4n) is 3.40. The predicted octanol–water partition coefficient (Wildman–Crippen LogP) is 4.11. The summed E-state index contributed by atoms with van der Waals surface area (Å²) in [7, 11) is 1.45. The van der Waals surface area contributed by atoms with Gasteiger partial charge in [0.2, 0.25) is 5.91 Å². The van der Waals surface area contributed by atoms with Crippen LogP contribution in [0.3, 0.4) is 0 Å². The molecule has 0 unspecified atom stereocenters. The Hall–Kier alpha value is -4.16. The van der Waals surface area contributed by atoms with Crippen molar-refractivity contribution in [2.45, 2.75) is 19.0 Å². The van der Waals surface area contributed by atoms with Gasteiger partial charge in [0.25, 0.3) is 5.91 Å². The molecule has 0 aliphatic heterocycles. The van der Waals surface area contributed by atoms with Crippen molar-refractivity contribution in [1.29, 1.82) is 5.26 Å². The quantitative estimate of drug-likeness (QED) is 0.243. The summed E-state index contributed by atoms with van der Waals surface area (Å²) < 4.78 is 26.6. The van der Waals surface area contributed by atoms with Crippen LogP contribution in [0.5, 0.6) is 0 Å². The highest BCUT2D eigenvalue weighted by Gasteiger charge is 2.27. The monoisotopic (exact) mass is 511 g/mol. The van der Waals surface area contributed by atoms with E-state index in [1.165, 1.54) is 18.1 Å². The number of carbonyl (C=O) groups excluding carboxylic acids is 2. The van der Waals surface area contributed by atoms with E-state index in [0.717, 1.165) is 28.3 Å². The maximum Gasteiger partial charge on any atom is 0.264 e. The van der Waals surface area contributed by atoms with Gasteiger partial charge in [0.15, 0.2) is 17.8 Å². The van der Waals surface area contributed by atoms with Crippen LogP contribution in [0, 0.1) is 23.1 Å². The lowest BCUT2D eigenvalue weighted by atomic mass is 10.0. The first-order valence-electron chi connectivity index (χ1n) is 11.0. The molecule has 36 heavy (non-hydrogen) atoms. The molecule has 3 aromatic carbocycles. The van der Waals surface area contributed by atoms with Crippen molar-refractivity contribution in [1.82, 2.24) is 15.3 Å². The van der Waals surface area contributed by atoms with Crippen LogP contribution < -0.4 is 10.6 Å². The Morgan fingerprint density at radius 2 is 1.69 bits per heavy atom. The van der Waals surface area contributed by atoms with Crippen LogP contribution in [-0.4, -0.2) is 41.5 Å². The number of nitrogens with zero attached hydrogens (tertiary/aromatic N) is 3. The highest BCUT2D eigenvalue weighted by atomic mass is 35.5. The standard InChI is InChI=1S/C26H24ClF2N5O2/c1-33(34(17-30)16-19-7-9-20(27)10-8-19)26(36)24(13-18-5-3-2-4-6-18)32-25(35)15-31-21-11-12-22(28)23(29)14-21/h2-12,14,24,31H,13,15-16H2,1H3,(H,32,35)/t24-/m0/s1. The highest BCUT2D eigenvalue weighted by molar-refractivity contribution is 6.30. The summed E-state index contributed by atoms with van der Waals surface area (Å²) in [5, 5.41) is 17.9. The topological polar surface area (TPSA) is 88.5 Å². The van der Waals surface area contributed by atoms with E-state index in [4.69, 9.17) is 11.6 Å². The van der Waals surface area contributed by atoms with E-state index in [-0.39, 0.29) is 25.2 Å². The second kappa shape index (κ2) is 12.5. The number of hydrogen-bond donors (Lipinski definition) is 2. The summed E-state index contributed by atoms with van der Waals surface area (Å²) in [5.74, 6) is -3.09. The van der Waals surface area contributed by atoms with E-state index in [1.54, 1.807) is 24.3 Å². The molecule has 0 spiro atoms. The molecule has 0 aromatic heterocycles. The van der Waals surface area contributed by atoms with Crippen LogP contribution in [0.4, 0.5) is 14.5 Å². The number of halogens is 3. The second-order valence-corrected chi connectivity index (χ2v) is 8.37. The van der Waals surface area contributed by atoms with Crippen molar-refractivity contribution in [2.24, 2.45) is 0 Å². The third-order valence-corrected chi connectivity index (χ3v) is 5.58. The minimum atomic E-state index is -1.04. The number of anilines is 1. The summed E-state index contributed by atoms with van der Waals surface area (Å²) in [6.07, 6.45) is 2.17. The molecule has 186 valence electrons. The molecule has 0 heterocycles. The zero-order valence-corrected chi connectivity index (χ0v) is 20.2. The van der Waals surface area contributed by atoms with Gasteiger partial charge in [0.1, 0.15) is 6.04 Å². The highest BCUT2D eigenvalue weighted by Crippen LogP contribution is 2.15. The molecule has 2 N–H and O–H groups in total. The number of hydrazine groups is 1. The molecule has 0 bridgehead atoms. The van der Waals surface area contributed by atoms with Crippen molar-refractivity contribution in [3.05, 3.63) is 101 Å². The Labute approximate surface area is 212 Å². The van der Waals surface area contributed by atoms with Crippen LogP contribution in [0.15, 0.2) is 72.8 Å². The van der Waals surface area contributed by atoms with E-state index >= 15 is 0 Å². The van der Waals surface area contributed by atoms with Crippen molar-refractivity contribution < 1.29 is 18.4 Å². The maximum absolute atomic E-state index is 13.4. The fourth-order valence-corrected chi connectivity index (χ4v) is 3.53. The maximum atomic E-state index is 13.4. The van der Waals surface area contributed by atoms with E-state index in [0.29, 0.717) is 5.02 Å². The van der Waals surface area contributed by atoms with Gasteiger partial charge in [-0.3, -0.25) is 9.59 Å². The van der Waals surface area contributed by atoms with Crippen LogP contribution in [0.25, 0.3) is 0 Å². The lowest BCUT2D eigenvalue weighted by Gasteiger charge is -2.30. The molecule has 0 saturated carbocycles. The first-order valence-corrected chi connectivity index (χ1v) is 11.4. The largest absolute Gasteiger partial charge is 0.376 e. The van der Waals surface area contributed by atoms with Crippen LogP contribution in [0.1, 0.15) is 11.1 Å². The van der Waals surface area contributed by atoms with Gasteiger partial charge in [-0.1, -0.05) is 54.1 Å². The second-order valence-electron chi connectivity index (χ2n) is 7.94. The first kappa shape index (κ1) is 26.4. The van der Waals surface area contributed by atoms with Crippen molar-refractivity contribution in [2.75, 3.05) is 18.9 Å². The Balaban J connectivity index is 1.71. The molecule has 2 amide bonds. The van der Waals surface area contributed by atoms with Gasteiger partial charge in [-0.2, -0.15) is 5.26 Å². The van der Waals surface area contributed by atoms with Gasteiger partial charge >= 0.3 is 0 Å². The van der Waals surface area contributed by atoms with E-state index < -0.39 is 29.5 Å². The normalized spacial score (nSPS) is 11.2. The molecular weight excluding hydrogens is 488 g/mol. The smallest absolute Gasteiger partial charge is 0.264 e. The molecule has 7 nitrogen and oxygen atoms in total. The average molecular weight is 512 g/mol. The summed E-state index contributed by atoms with van der Waals surface area (Å²) in [5.41, 5.74) is 1.78. The van der Waals surface area contributed by atoms with Gasteiger partial charge in [-0.15, -0.1) is 0 Å². The fraction of sp³-hybridized carbons (Fsp3) is 0.192. The SMILES string of the molecule is CN(C(=O)[C@H](Cc1ccccc1)NC(=O)CNc1ccc(F)c(F)c1)N(C#N)Cc1ccc(Cl)cc1. The van der Waals surface area contributed by atoms with Gasteiger partial charge in [0.05, 0.1) is 13.1 Å². The zero-order chi connectivity index (χ0) is 26.1. The summed E-state index contributed by atoms with van der Waals surface area (Å²) in [6.45, 7) is -0.153. The summed E-state index contributed by atoms with van der Waals surface area (Å²) in [6, 6.07) is 18.2. The number of rotatable bonds is 10. The van der Waals surface area contributed by atoms with Crippen molar-refractivity contribution >= 4 is 29.1 Å². The molecule has 0 radical (unpaired) electrons. The van der Waals surface area contributed by atoms with Crippen molar-refractivity contribution in [3.63, 3.8) is 0 Å². The Morgan fingerprint density at radius 3 is 2.33 bits per heavy atom. The molecule has 0 saturated heterocycles. The predicted molar refractivity (Wildman–Crippen MR) is 132 cm³/mol.